The molecule has 5 aromatic rings. The van der Waals surface area contributed by atoms with Crippen molar-refractivity contribution in [1.82, 2.24) is 14.4 Å². The third-order valence-electron chi connectivity index (χ3n) is 4.54. The highest BCUT2D eigenvalue weighted by molar-refractivity contribution is 7.22. The van der Waals surface area contributed by atoms with Gasteiger partial charge < -0.3 is 10.1 Å². The van der Waals surface area contributed by atoms with Crippen LogP contribution < -0.4 is 10.1 Å². The Labute approximate surface area is 174 Å². The van der Waals surface area contributed by atoms with E-state index in [4.69, 9.17) is 4.74 Å². The average molecular weight is 421 g/mol. The molecule has 0 aliphatic rings. The van der Waals surface area contributed by atoms with Crippen LogP contribution in [0, 0.1) is 0 Å². The number of benzene rings is 2. The Morgan fingerprint density at radius 3 is 2.83 bits per heavy atom. The van der Waals surface area contributed by atoms with Crippen LogP contribution >= 0.6 is 22.7 Å². The maximum absolute atomic E-state index is 12.6. The first-order chi connectivity index (χ1) is 14.2. The number of anilines is 1. The van der Waals surface area contributed by atoms with Crippen LogP contribution in [0.2, 0.25) is 0 Å². The molecule has 0 radical (unpaired) electrons. The van der Waals surface area contributed by atoms with Gasteiger partial charge in [0.25, 0.3) is 0 Å². The molecule has 0 aliphatic heterocycles. The van der Waals surface area contributed by atoms with Gasteiger partial charge in [-0.15, -0.1) is 11.3 Å². The number of ether oxygens (including phenoxy) is 1. The molecular formula is C21H16N4O2S2. The summed E-state index contributed by atoms with van der Waals surface area (Å²) in [6, 6.07) is 15.8. The van der Waals surface area contributed by atoms with Crippen molar-refractivity contribution in [2.24, 2.45) is 0 Å². The highest BCUT2D eigenvalue weighted by atomic mass is 32.1. The topological polar surface area (TPSA) is 68.5 Å². The number of methoxy groups -OCH3 is 1. The Morgan fingerprint density at radius 2 is 2.00 bits per heavy atom. The van der Waals surface area contributed by atoms with Crippen molar-refractivity contribution in [3.63, 3.8) is 0 Å². The molecule has 0 aliphatic carbocycles. The lowest BCUT2D eigenvalue weighted by atomic mass is 10.2. The van der Waals surface area contributed by atoms with Crippen molar-refractivity contribution in [2.75, 3.05) is 12.4 Å². The van der Waals surface area contributed by atoms with Gasteiger partial charge in [-0.3, -0.25) is 9.20 Å². The number of thiazole rings is 2. The van der Waals surface area contributed by atoms with Crippen LogP contribution in [0.4, 0.5) is 5.13 Å². The maximum Gasteiger partial charge on any atom is 0.232 e. The Kier molecular flexibility index (Phi) is 4.49. The third-order valence-corrected chi connectivity index (χ3v) is 6.37. The average Bonchev–Trinajstić information content (AvgIpc) is 3.43. The lowest BCUT2D eigenvalue weighted by Crippen LogP contribution is -2.15. The zero-order chi connectivity index (χ0) is 19.8. The summed E-state index contributed by atoms with van der Waals surface area (Å²) in [5.41, 5.74) is 3.62. The highest BCUT2D eigenvalue weighted by Crippen LogP contribution is 2.32. The van der Waals surface area contributed by atoms with Crippen molar-refractivity contribution in [1.29, 1.82) is 0 Å². The lowest BCUT2D eigenvalue weighted by Gasteiger charge is -2.01. The number of nitrogens with one attached hydrogen (secondary N) is 1. The number of fused-ring (bicyclic) bond motifs is 2. The van der Waals surface area contributed by atoms with Gasteiger partial charge in [-0.1, -0.05) is 47.7 Å². The van der Waals surface area contributed by atoms with Crippen molar-refractivity contribution in [3.8, 4) is 17.0 Å². The first kappa shape index (κ1) is 17.8. The molecule has 2 aromatic carbocycles. The smallest absolute Gasteiger partial charge is 0.232 e. The standard InChI is InChI=1S/C21H16N4O2S2/c1-27-16-8-5-9-17-19(16)24-20(29-17)23-18(26)10-14-12-28-21-22-15(11-25(14)21)13-6-3-2-4-7-13/h2-9,11-12H,10H2,1H3,(H,23,24,26). The molecule has 0 spiro atoms. The number of imidazole rings is 1. The van der Waals surface area contributed by atoms with Gasteiger partial charge in [-0.25, -0.2) is 9.97 Å². The van der Waals surface area contributed by atoms with Crippen LogP contribution in [-0.4, -0.2) is 27.4 Å². The Hall–Kier alpha value is -3.23. The SMILES string of the molecule is COc1cccc2sc(NC(=O)Cc3csc4nc(-c5ccccc5)cn34)nc12. The summed E-state index contributed by atoms with van der Waals surface area (Å²) in [5.74, 6) is 0.586. The summed E-state index contributed by atoms with van der Waals surface area (Å²) in [4.78, 5) is 22.7. The van der Waals surface area contributed by atoms with Gasteiger partial charge in [-0.2, -0.15) is 0 Å². The Bertz CT molecular complexity index is 1320. The molecule has 0 saturated carbocycles. The van der Waals surface area contributed by atoms with Crippen LogP contribution in [0.15, 0.2) is 60.1 Å². The Morgan fingerprint density at radius 1 is 1.14 bits per heavy atom. The lowest BCUT2D eigenvalue weighted by molar-refractivity contribution is -0.115. The van der Waals surface area contributed by atoms with Crippen LogP contribution in [0.3, 0.4) is 0 Å². The molecule has 0 bridgehead atoms. The number of hydrogen-bond acceptors (Lipinski definition) is 6. The van der Waals surface area contributed by atoms with Crippen LogP contribution in [0.5, 0.6) is 5.75 Å². The van der Waals surface area contributed by atoms with E-state index in [2.05, 4.69) is 15.3 Å². The normalized spacial score (nSPS) is 11.2. The molecule has 0 saturated heterocycles. The van der Waals surface area contributed by atoms with Gasteiger partial charge >= 0.3 is 0 Å². The Balaban J connectivity index is 1.37. The van der Waals surface area contributed by atoms with Crippen LogP contribution in [0.25, 0.3) is 26.4 Å². The van der Waals surface area contributed by atoms with Gasteiger partial charge in [0.2, 0.25) is 5.91 Å². The molecule has 0 unspecified atom stereocenters. The van der Waals surface area contributed by atoms with E-state index in [0.29, 0.717) is 10.9 Å². The van der Waals surface area contributed by atoms with E-state index < -0.39 is 0 Å². The molecule has 29 heavy (non-hydrogen) atoms. The third kappa shape index (κ3) is 3.37. The molecule has 144 valence electrons. The van der Waals surface area contributed by atoms with Gasteiger partial charge in [0.15, 0.2) is 10.1 Å². The molecule has 3 aromatic heterocycles. The number of nitrogens with zero attached hydrogens (tertiary/aromatic N) is 3. The largest absolute Gasteiger partial charge is 0.494 e. The fourth-order valence-electron chi connectivity index (χ4n) is 3.17. The van der Waals surface area contributed by atoms with E-state index in [1.807, 2.05) is 64.5 Å². The van der Waals surface area contributed by atoms with Crippen molar-refractivity contribution >= 4 is 48.9 Å². The molecule has 8 heteroatoms. The van der Waals surface area contributed by atoms with Crippen molar-refractivity contribution < 1.29 is 9.53 Å². The molecule has 0 fully saturated rings. The number of carbonyl (C=O) groups excluding carboxylic acids is 1. The molecule has 1 amide bonds. The molecule has 1 N–H and O–H groups in total. The number of rotatable bonds is 5. The predicted octanol–water partition coefficient (Wildman–Crippen LogP) is 4.86. The van der Waals surface area contributed by atoms with Crippen molar-refractivity contribution in [2.45, 2.75) is 6.42 Å². The minimum atomic E-state index is -0.113. The molecule has 0 atom stereocenters. The maximum atomic E-state index is 12.6. The van der Waals surface area contributed by atoms with E-state index in [-0.39, 0.29) is 12.3 Å². The number of aromatic nitrogens is 3. The first-order valence-corrected chi connectivity index (χ1v) is 10.6. The zero-order valence-electron chi connectivity index (χ0n) is 15.5. The highest BCUT2D eigenvalue weighted by Gasteiger charge is 2.15. The minimum Gasteiger partial charge on any atom is -0.494 e. The molecular weight excluding hydrogens is 404 g/mol. The van der Waals surface area contributed by atoms with Gasteiger partial charge in [-0.05, 0) is 12.1 Å². The first-order valence-electron chi connectivity index (χ1n) is 8.95. The molecule has 6 nitrogen and oxygen atoms in total. The van der Waals surface area contributed by atoms with Gasteiger partial charge in [0.1, 0.15) is 11.3 Å². The molecule has 5 rings (SSSR count). The van der Waals surface area contributed by atoms with E-state index >= 15 is 0 Å². The van der Waals surface area contributed by atoms with E-state index in [1.54, 1.807) is 7.11 Å². The fourth-order valence-corrected chi connectivity index (χ4v) is 4.95. The van der Waals surface area contributed by atoms with E-state index in [9.17, 15) is 4.79 Å². The van der Waals surface area contributed by atoms with E-state index in [1.165, 1.54) is 22.7 Å². The van der Waals surface area contributed by atoms with Crippen molar-refractivity contribution in [3.05, 3.63) is 65.8 Å². The number of amides is 1. The zero-order valence-corrected chi connectivity index (χ0v) is 17.1. The number of hydrogen-bond donors (Lipinski definition) is 1. The second-order valence-corrected chi connectivity index (χ2v) is 8.29. The summed E-state index contributed by atoms with van der Waals surface area (Å²) < 4.78 is 8.29. The van der Waals surface area contributed by atoms with Crippen LogP contribution in [-0.2, 0) is 11.2 Å². The second kappa shape index (κ2) is 7.31. The number of para-hydroxylation sites is 1. The monoisotopic (exact) mass is 420 g/mol. The fraction of sp³-hybridized carbons (Fsp3) is 0.0952. The summed E-state index contributed by atoms with van der Waals surface area (Å²) in [6.07, 6.45) is 2.23. The van der Waals surface area contributed by atoms with Gasteiger partial charge in [0, 0.05) is 22.8 Å². The number of carbonyl (C=O) groups is 1. The quantitative estimate of drug-likeness (QED) is 0.441. The molecule has 3 heterocycles. The summed E-state index contributed by atoms with van der Waals surface area (Å²) in [6.45, 7) is 0. The van der Waals surface area contributed by atoms with Crippen LogP contribution in [0.1, 0.15) is 5.69 Å². The van der Waals surface area contributed by atoms with E-state index in [0.717, 1.165) is 32.1 Å². The second-order valence-electron chi connectivity index (χ2n) is 6.42. The summed E-state index contributed by atoms with van der Waals surface area (Å²) in [7, 11) is 1.61. The summed E-state index contributed by atoms with van der Waals surface area (Å²) >= 11 is 2.96. The summed E-state index contributed by atoms with van der Waals surface area (Å²) in [5, 5.41) is 5.44. The predicted molar refractivity (Wildman–Crippen MR) is 117 cm³/mol. The minimum absolute atomic E-state index is 0.113. The van der Waals surface area contributed by atoms with Gasteiger partial charge in [0.05, 0.1) is 23.9 Å².